The highest BCUT2D eigenvalue weighted by Crippen LogP contribution is 2.47. The van der Waals surface area contributed by atoms with Crippen LogP contribution in [-0.4, -0.2) is 11.9 Å². The lowest BCUT2D eigenvalue weighted by Crippen LogP contribution is -2.34. The van der Waals surface area contributed by atoms with E-state index in [9.17, 15) is 14.4 Å². The van der Waals surface area contributed by atoms with Crippen LogP contribution < -0.4 is 15.5 Å². The number of hydrogen-bond acceptors (Lipinski definition) is 4. The molecule has 0 bridgehead atoms. The van der Waals surface area contributed by atoms with Crippen LogP contribution in [0.3, 0.4) is 0 Å². The van der Waals surface area contributed by atoms with E-state index in [1.807, 2.05) is 24.3 Å². The summed E-state index contributed by atoms with van der Waals surface area (Å²) >= 11 is 0. The van der Waals surface area contributed by atoms with Crippen molar-refractivity contribution in [3.8, 4) is 5.75 Å². The number of nitrogens with one attached hydrogen (secondary N) is 1. The van der Waals surface area contributed by atoms with Gasteiger partial charge in [-0.1, -0.05) is 67.5 Å². The summed E-state index contributed by atoms with van der Waals surface area (Å²) in [5.41, 5.74) is 5.90. The fourth-order valence-corrected chi connectivity index (χ4v) is 6.53. The summed E-state index contributed by atoms with van der Waals surface area (Å²) in [4.78, 5) is 39.2. The van der Waals surface area contributed by atoms with E-state index in [4.69, 9.17) is 4.74 Å². The predicted molar refractivity (Wildman–Crippen MR) is 169 cm³/mol. The van der Waals surface area contributed by atoms with E-state index < -0.39 is 11.4 Å². The largest absolute Gasteiger partial charge is 0.419 e. The minimum absolute atomic E-state index is 0.0133. The van der Waals surface area contributed by atoms with Gasteiger partial charge in [0, 0.05) is 11.3 Å². The van der Waals surface area contributed by atoms with Gasteiger partial charge in [0.25, 0.3) is 5.91 Å². The fourth-order valence-electron chi connectivity index (χ4n) is 6.53. The molecule has 1 amide bonds. The summed E-state index contributed by atoms with van der Waals surface area (Å²) in [7, 11) is 0. The minimum atomic E-state index is -0.578. The zero-order valence-corrected chi connectivity index (χ0v) is 26.2. The van der Waals surface area contributed by atoms with Gasteiger partial charge in [-0.2, -0.15) is 0 Å². The van der Waals surface area contributed by atoms with Gasteiger partial charge in [0.2, 0.25) is 5.43 Å². The molecule has 5 rings (SSSR count). The molecule has 2 aliphatic carbocycles. The molecule has 2 aliphatic rings. The summed E-state index contributed by atoms with van der Waals surface area (Å²) in [6, 6.07) is 17.5. The molecule has 1 N–H and O–H groups in total. The van der Waals surface area contributed by atoms with Gasteiger partial charge in [0.15, 0.2) is 5.75 Å². The minimum Gasteiger partial charge on any atom is -0.419 e. The Bertz CT molecular complexity index is 1640. The van der Waals surface area contributed by atoms with E-state index in [-0.39, 0.29) is 33.3 Å². The highest BCUT2D eigenvalue weighted by molar-refractivity contribution is 6.04. The van der Waals surface area contributed by atoms with Gasteiger partial charge in [-0.3, -0.25) is 9.59 Å². The van der Waals surface area contributed by atoms with Crippen molar-refractivity contribution in [2.45, 2.75) is 103 Å². The summed E-state index contributed by atoms with van der Waals surface area (Å²) in [6.45, 7) is 17.8. The van der Waals surface area contributed by atoms with Crippen molar-refractivity contribution in [2.24, 2.45) is 0 Å². The second-order valence-corrected chi connectivity index (χ2v) is 14.8. The van der Waals surface area contributed by atoms with Crippen LogP contribution in [-0.2, 0) is 21.7 Å². The summed E-state index contributed by atoms with van der Waals surface area (Å²) in [5, 5.41) is 2.91. The SMILES string of the molecule is CC1(C)CCC(C)(C)c2cc(C(=O)Nc3ccc(OC(=O)c4ccc5c(c4)C(C)(C)CCC5(C)C)c(=O)cc3)ccc21. The van der Waals surface area contributed by atoms with Crippen molar-refractivity contribution >= 4 is 17.6 Å². The van der Waals surface area contributed by atoms with E-state index in [1.54, 1.807) is 12.1 Å². The molecule has 0 saturated carbocycles. The van der Waals surface area contributed by atoms with Gasteiger partial charge < -0.3 is 10.1 Å². The number of carbonyl (C=O) groups excluding carboxylic acids is 2. The van der Waals surface area contributed by atoms with E-state index in [1.165, 1.54) is 34.9 Å². The number of fused-ring (bicyclic) bond motifs is 2. The van der Waals surface area contributed by atoms with E-state index in [0.29, 0.717) is 16.8 Å². The Hall–Kier alpha value is -3.73. The molecular weight excluding hydrogens is 522 g/mol. The molecule has 3 aromatic carbocycles. The Morgan fingerprint density at radius 1 is 0.595 bits per heavy atom. The van der Waals surface area contributed by atoms with Crippen LogP contribution in [0.15, 0.2) is 65.5 Å². The zero-order chi connectivity index (χ0) is 30.7. The maximum absolute atomic E-state index is 13.2. The van der Waals surface area contributed by atoms with Gasteiger partial charge >= 0.3 is 5.97 Å². The lowest BCUT2D eigenvalue weighted by atomic mass is 9.63. The summed E-state index contributed by atoms with van der Waals surface area (Å²) in [6.07, 6.45) is 4.27. The summed E-state index contributed by atoms with van der Waals surface area (Å²) < 4.78 is 5.59. The Morgan fingerprint density at radius 2 is 1.05 bits per heavy atom. The number of anilines is 1. The Balaban J connectivity index is 1.36. The molecule has 0 radical (unpaired) electrons. The molecular formula is C37H43NO4. The number of esters is 1. The van der Waals surface area contributed by atoms with Crippen molar-refractivity contribution in [1.82, 2.24) is 0 Å². The van der Waals surface area contributed by atoms with Gasteiger partial charge in [0.1, 0.15) is 0 Å². The van der Waals surface area contributed by atoms with E-state index >= 15 is 0 Å². The topological polar surface area (TPSA) is 72.5 Å². The lowest BCUT2D eigenvalue weighted by molar-refractivity contribution is 0.0732. The molecule has 220 valence electrons. The van der Waals surface area contributed by atoms with Crippen LogP contribution in [0.2, 0.25) is 0 Å². The van der Waals surface area contributed by atoms with Crippen LogP contribution in [0, 0.1) is 0 Å². The smallest absolute Gasteiger partial charge is 0.343 e. The number of rotatable bonds is 4. The molecule has 42 heavy (non-hydrogen) atoms. The maximum atomic E-state index is 13.2. The average Bonchev–Trinajstić information content (AvgIpc) is 3.10. The quantitative estimate of drug-likeness (QED) is 0.324. The first kappa shape index (κ1) is 29.8. The van der Waals surface area contributed by atoms with Gasteiger partial charge in [0.05, 0.1) is 5.56 Å². The van der Waals surface area contributed by atoms with Crippen LogP contribution in [0.1, 0.15) is 124 Å². The number of benzene rings is 2. The Morgan fingerprint density at radius 3 is 1.60 bits per heavy atom. The molecule has 0 unspecified atom stereocenters. The Labute approximate surface area is 249 Å². The van der Waals surface area contributed by atoms with Gasteiger partial charge in [-0.25, -0.2) is 4.79 Å². The molecule has 3 aromatic rings. The number of amides is 1. The van der Waals surface area contributed by atoms with Crippen molar-refractivity contribution < 1.29 is 14.3 Å². The number of ether oxygens (including phenoxy) is 1. The van der Waals surface area contributed by atoms with Crippen LogP contribution in [0.5, 0.6) is 5.75 Å². The number of carbonyl (C=O) groups is 2. The van der Waals surface area contributed by atoms with Gasteiger partial charge in [-0.15, -0.1) is 0 Å². The molecule has 5 heteroatoms. The number of hydrogen-bond donors (Lipinski definition) is 1. The third-order valence-corrected chi connectivity index (χ3v) is 9.74. The van der Waals surface area contributed by atoms with Crippen LogP contribution in [0.4, 0.5) is 5.69 Å². The van der Waals surface area contributed by atoms with E-state index in [0.717, 1.165) is 31.2 Å². The Kier molecular flexibility index (Phi) is 7.24. The third-order valence-electron chi connectivity index (χ3n) is 9.74. The molecule has 5 nitrogen and oxygen atoms in total. The zero-order valence-electron chi connectivity index (χ0n) is 26.2. The van der Waals surface area contributed by atoms with Crippen molar-refractivity contribution in [3.63, 3.8) is 0 Å². The molecule has 0 spiro atoms. The first-order valence-electron chi connectivity index (χ1n) is 15.0. The maximum Gasteiger partial charge on any atom is 0.343 e. The normalized spacial score (nSPS) is 19.1. The van der Waals surface area contributed by atoms with Crippen LogP contribution >= 0.6 is 0 Å². The summed E-state index contributed by atoms with van der Waals surface area (Å²) in [5.74, 6) is -0.921. The second-order valence-electron chi connectivity index (χ2n) is 14.8. The monoisotopic (exact) mass is 565 g/mol. The molecule has 0 aliphatic heterocycles. The molecule has 0 heterocycles. The van der Waals surface area contributed by atoms with Crippen molar-refractivity contribution in [1.29, 1.82) is 0 Å². The van der Waals surface area contributed by atoms with Crippen LogP contribution in [0.25, 0.3) is 0 Å². The molecule has 0 saturated heterocycles. The molecule has 0 aromatic heterocycles. The highest BCUT2D eigenvalue weighted by Gasteiger charge is 2.38. The predicted octanol–water partition coefficient (Wildman–Crippen LogP) is 8.22. The standard InChI is InChI=1S/C37H43NO4/c1-34(2)17-19-36(5,6)28-21-23(9-13-26(28)34)32(40)38-25-11-15-30(39)31(16-12-25)42-33(41)24-10-14-27-29(22-24)37(7,8)20-18-35(27,3)4/h9-16,21-22H,17-20H2,1-8H3,(H,38,40). The molecule has 0 fully saturated rings. The van der Waals surface area contributed by atoms with Crippen molar-refractivity contribution in [3.05, 3.63) is 104 Å². The highest BCUT2D eigenvalue weighted by atomic mass is 16.5. The second kappa shape index (κ2) is 10.2. The molecule has 0 atom stereocenters. The first-order valence-corrected chi connectivity index (χ1v) is 15.0. The fraction of sp³-hybridized carbons (Fsp3) is 0.432. The first-order chi connectivity index (χ1) is 19.5. The van der Waals surface area contributed by atoms with E-state index in [2.05, 4.69) is 66.8 Å². The lowest BCUT2D eigenvalue weighted by Gasteiger charge is -2.42. The average molecular weight is 566 g/mol. The van der Waals surface area contributed by atoms with Gasteiger partial charge in [-0.05, 0) is 118 Å². The third kappa shape index (κ3) is 5.54. The van der Waals surface area contributed by atoms with Crippen molar-refractivity contribution in [2.75, 3.05) is 5.32 Å².